The summed E-state index contributed by atoms with van der Waals surface area (Å²) in [5.74, 6) is 0. The molecule has 0 bridgehead atoms. The summed E-state index contributed by atoms with van der Waals surface area (Å²) in [6.45, 7) is 8.04. The van der Waals surface area contributed by atoms with Gasteiger partial charge in [-0.3, -0.25) is 0 Å². The maximum atomic E-state index is 11.2. The quantitative estimate of drug-likeness (QED) is 0.650. The van der Waals surface area contributed by atoms with Crippen LogP contribution in [0, 0.1) is 0 Å². The number of nitrogens with zero attached hydrogens (tertiary/aromatic N) is 1. The van der Waals surface area contributed by atoms with Crippen LogP contribution in [0.4, 0.5) is 4.79 Å². The van der Waals surface area contributed by atoms with Gasteiger partial charge in [-0.2, -0.15) is 0 Å². The number of rotatable bonds is 4. The summed E-state index contributed by atoms with van der Waals surface area (Å²) >= 11 is 0. The van der Waals surface area contributed by atoms with E-state index in [1.807, 2.05) is 6.92 Å². The van der Waals surface area contributed by atoms with Crippen LogP contribution in [0.1, 0.15) is 13.8 Å². The number of hydrogen-bond acceptors (Lipinski definition) is 2. The first kappa shape index (κ1) is 11.0. The standard InChI is InChI=1S/C8H16N2O2/c1-4-10(5-6-11)8(12)9-7(2)3/h11H,2,4-6H2,1,3H3,(H,9,12). The van der Waals surface area contributed by atoms with Gasteiger partial charge < -0.3 is 15.3 Å². The first-order chi connectivity index (χ1) is 5.61. The zero-order valence-electron chi connectivity index (χ0n) is 7.63. The van der Waals surface area contributed by atoms with E-state index in [0.29, 0.717) is 18.8 Å². The molecule has 0 rings (SSSR count). The maximum absolute atomic E-state index is 11.2. The molecule has 2 N–H and O–H groups in total. The normalized spacial score (nSPS) is 9.25. The van der Waals surface area contributed by atoms with Crippen LogP contribution in [-0.4, -0.2) is 35.7 Å². The van der Waals surface area contributed by atoms with E-state index in [2.05, 4.69) is 11.9 Å². The molecular formula is C8H16N2O2. The van der Waals surface area contributed by atoms with Gasteiger partial charge >= 0.3 is 6.03 Å². The second-order valence-corrected chi connectivity index (χ2v) is 2.51. The van der Waals surface area contributed by atoms with Crippen molar-refractivity contribution in [3.8, 4) is 0 Å². The van der Waals surface area contributed by atoms with E-state index in [-0.39, 0.29) is 12.6 Å². The lowest BCUT2D eigenvalue weighted by molar-refractivity contribution is 0.183. The third-order valence-electron chi connectivity index (χ3n) is 1.36. The van der Waals surface area contributed by atoms with Crippen molar-refractivity contribution in [3.63, 3.8) is 0 Å². The van der Waals surface area contributed by atoms with Crippen molar-refractivity contribution in [1.29, 1.82) is 0 Å². The fourth-order valence-corrected chi connectivity index (χ4v) is 0.786. The Morgan fingerprint density at radius 2 is 2.25 bits per heavy atom. The number of allylic oxidation sites excluding steroid dienone is 1. The fraction of sp³-hybridized carbons (Fsp3) is 0.625. The first-order valence-electron chi connectivity index (χ1n) is 3.94. The van der Waals surface area contributed by atoms with Crippen LogP contribution < -0.4 is 5.32 Å². The number of urea groups is 1. The number of hydrogen-bond donors (Lipinski definition) is 2. The number of aliphatic hydroxyl groups excluding tert-OH is 1. The molecule has 0 aliphatic carbocycles. The topological polar surface area (TPSA) is 52.6 Å². The zero-order valence-corrected chi connectivity index (χ0v) is 7.63. The predicted molar refractivity (Wildman–Crippen MR) is 47.7 cm³/mol. The maximum Gasteiger partial charge on any atom is 0.321 e. The van der Waals surface area contributed by atoms with E-state index < -0.39 is 0 Å². The lowest BCUT2D eigenvalue weighted by Gasteiger charge is -2.19. The minimum absolute atomic E-state index is 0.0164. The third kappa shape index (κ3) is 3.98. The van der Waals surface area contributed by atoms with Crippen molar-refractivity contribution >= 4 is 6.03 Å². The Morgan fingerprint density at radius 1 is 1.67 bits per heavy atom. The summed E-state index contributed by atoms with van der Waals surface area (Å²) in [6, 6.07) is -0.209. The Labute approximate surface area is 72.9 Å². The molecule has 12 heavy (non-hydrogen) atoms. The Balaban J connectivity index is 3.93. The van der Waals surface area contributed by atoms with Crippen molar-refractivity contribution in [3.05, 3.63) is 12.3 Å². The molecule has 2 amide bonds. The largest absolute Gasteiger partial charge is 0.395 e. The smallest absolute Gasteiger partial charge is 0.321 e. The van der Waals surface area contributed by atoms with Crippen LogP contribution in [-0.2, 0) is 0 Å². The highest BCUT2D eigenvalue weighted by Crippen LogP contribution is 1.90. The highest BCUT2D eigenvalue weighted by Gasteiger charge is 2.08. The molecule has 0 aliphatic heterocycles. The summed E-state index contributed by atoms with van der Waals surface area (Å²) in [5, 5.41) is 11.2. The van der Waals surface area contributed by atoms with Gasteiger partial charge in [0.1, 0.15) is 0 Å². The monoisotopic (exact) mass is 172 g/mol. The molecule has 0 aromatic rings. The lowest BCUT2D eigenvalue weighted by Crippen LogP contribution is -2.40. The van der Waals surface area contributed by atoms with Crippen molar-refractivity contribution in [2.24, 2.45) is 0 Å². The molecule has 0 atom stereocenters. The van der Waals surface area contributed by atoms with Gasteiger partial charge in [-0.15, -0.1) is 0 Å². The molecule has 0 aliphatic rings. The molecular weight excluding hydrogens is 156 g/mol. The highest BCUT2D eigenvalue weighted by atomic mass is 16.3. The van der Waals surface area contributed by atoms with Crippen LogP contribution in [0.2, 0.25) is 0 Å². The molecule has 0 aromatic carbocycles. The second-order valence-electron chi connectivity index (χ2n) is 2.51. The van der Waals surface area contributed by atoms with E-state index in [1.54, 1.807) is 6.92 Å². The molecule has 0 saturated heterocycles. The van der Waals surface area contributed by atoms with Crippen LogP contribution in [0.25, 0.3) is 0 Å². The summed E-state index contributed by atoms with van der Waals surface area (Å²) in [6.07, 6.45) is 0. The van der Waals surface area contributed by atoms with Gasteiger partial charge in [0.05, 0.1) is 6.61 Å². The molecule has 0 aromatic heterocycles. The van der Waals surface area contributed by atoms with E-state index in [0.717, 1.165) is 0 Å². The van der Waals surface area contributed by atoms with Gasteiger partial charge in [-0.1, -0.05) is 6.58 Å². The molecule has 4 nitrogen and oxygen atoms in total. The number of amides is 2. The first-order valence-corrected chi connectivity index (χ1v) is 3.94. The van der Waals surface area contributed by atoms with Gasteiger partial charge in [0.15, 0.2) is 0 Å². The van der Waals surface area contributed by atoms with E-state index in [1.165, 1.54) is 4.90 Å². The Bertz CT molecular complexity index is 168. The molecule has 0 unspecified atom stereocenters. The second kappa shape index (κ2) is 5.60. The molecule has 70 valence electrons. The number of likely N-dealkylation sites (N-methyl/N-ethyl adjacent to an activating group) is 1. The Morgan fingerprint density at radius 3 is 2.58 bits per heavy atom. The van der Waals surface area contributed by atoms with Crippen LogP contribution in [0.15, 0.2) is 12.3 Å². The SMILES string of the molecule is C=C(C)NC(=O)N(CC)CCO. The zero-order chi connectivity index (χ0) is 9.56. The summed E-state index contributed by atoms with van der Waals surface area (Å²) in [7, 11) is 0. The van der Waals surface area contributed by atoms with Gasteiger partial charge in [0.25, 0.3) is 0 Å². The van der Waals surface area contributed by atoms with Crippen molar-refractivity contribution in [2.45, 2.75) is 13.8 Å². The number of aliphatic hydroxyl groups is 1. The van der Waals surface area contributed by atoms with Crippen molar-refractivity contribution < 1.29 is 9.90 Å². The Kier molecular flexibility index (Phi) is 5.12. The molecule has 0 heterocycles. The number of carbonyl (C=O) groups excluding carboxylic acids is 1. The summed E-state index contributed by atoms with van der Waals surface area (Å²) < 4.78 is 0. The average Bonchev–Trinajstić information content (AvgIpc) is 1.98. The highest BCUT2D eigenvalue weighted by molar-refractivity contribution is 5.75. The lowest BCUT2D eigenvalue weighted by atomic mass is 10.5. The number of nitrogens with one attached hydrogen (secondary N) is 1. The molecule has 0 saturated carbocycles. The van der Waals surface area contributed by atoms with Crippen LogP contribution in [0.3, 0.4) is 0 Å². The van der Waals surface area contributed by atoms with E-state index >= 15 is 0 Å². The minimum Gasteiger partial charge on any atom is -0.395 e. The van der Waals surface area contributed by atoms with Gasteiger partial charge in [-0.05, 0) is 13.8 Å². The number of carbonyl (C=O) groups is 1. The van der Waals surface area contributed by atoms with Crippen LogP contribution in [0.5, 0.6) is 0 Å². The molecule has 4 heteroatoms. The Hall–Kier alpha value is -1.03. The molecule has 0 radical (unpaired) electrons. The minimum atomic E-state index is -0.209. The average molecular weight is 172 g/mol. The summed E-state index contributed by atoms with van der Waals surface area (Å²) in [4.78, 5) is 12.7. The predicted octanol–water partition coefficient (Wildman–Crippen LogP) is 0.544. The van der Waals surface area contributed by atoms with Crippen LogP contribution >= 0.6 is 0 Å². The van der Waals surface area contributed by atoms with E-state index in [4.69, 9.17) is 5.11 Å². The van der Waals surface area contributed by atoms with Gasteiger partial charge in [0.2, 0.25) is 0 Å². The molecule has 0 spiro atoms. The fourth-order valence-electron chi connectivity index (χ4n) is 0.786. The molecule has 0 fully saturated rings. The van der Waals surface area contributed by atoms with E-state index in [9.17, 15) is 4.79 Å². The van der Waals surface area contributed by atoms with Crippen molar-refractivity contribution in [2.75, 3.05) is 19.7 Å². The summed E-state index contributed by atoms with van der Waals surface area (Å²) in [5.41, 5.74) is 0.608. The van der Waals surface area contributed by atoms with Gasteiger partial charge in [0, 0.05) is 18.8 Å². The van der Waals surface area contributed by atoms with Gasteiger partial charge in [-0.25, -0.2) is 4.79 Å². The third-order valence-corrected chi connectivity index (χ3v) is 1.36. The van der Waals surface area contributed by atoms with Crippen molar-refractivity contribution in [1.82, 2.24) is 10.2 Å².